The molecule has 0 saturated heterocycles. The van der Waals surface area contributed by atoms with Gasteiger partial charge in [0, 0.05) is 25.3 Å². The second-order valence-corrected chi connectivity index (χ2v) is 13.9. The fraction of sp³-hybridized carbons (Fsp3) is 0.704. The van der Waals surface area contributed by atoms with Crippen LogP contribution >= 0.6 is 0 Å². The standard InChI is InChI=1S/C27H40F3N3O7S/c1-24(2,3)39-22(34)20(33-23(35)40-25(4,5)6)13-15-32-41(37,38)16-14-26(36,27(28,29)30)21-12-11-19(17-31-21)18-9-7-8-10-18/h11-12,15,17-18,20,36H,7-10,13-14,16H2,1-6H3,(H,33,35)/t20-,26?/m0/s1. The summed E-state index contributed by atoms with van der Waals surface area (Å²) >= 11 is 0. The van der Waals surface area contributed by atoms with Crippen LogP contribution in [-0.2, 0) is 29.9 Å². The number of ether oxygens (including phenoxy) is 2. The molecule has 0 aliphatic heterocycles. The molecular weight excluding hydrogens is 567 g/mol. The molecule has 1 aliphatic rings. The second kappa shape index (κ2) is 13.1. The van der Waals surface area contributed by atoms with Gasteiger partial charge in [-0.05, 0) is 71.9 Å². The van der Waals surface area contributed by atoms with Crippen molar-refractivity contribution in [3.05, 3.63) is 29.6 Å². The minimum atomic E-state index is -5.22. The molecular formula is C27H40F3N3O7S. The zero-order chi connectivity index (χ0) is 31.3. The molecule has 2 rings (SSSR count). The summed E-state index contributed by atoms with van der Waals surface area (Å²) in [6, 6.07) is 1.17. The van der Waals surface area contributed by atoms with Gasteiger partial charge in [0.25, 0.3) is 10.0 Å². The van der Waals surface area contributed by atoms with E-state index >= 15 is 0 Å². The highest BCUT2D eigenvalue weighted by Gasteiger charge is 2.56. The number of halogens is 3. The molecule has 41 heavy (non-hydrogen) atoms. The summed E-state index contributed by atoms with van der Waals surface area (Å²) in [7, 11) is -4.53. The molecule has 1 saturated carbocycles. The van der Waals surface area contributed by atoms with Crippen LogP contribution in [0.4, 0.5) is 18.0 Å². The third kappa shape index (κ3) is 10.9. The fourth-order valence-corrected chi connectivity index (χ4v) is 5.17. The average Bonchev–Trinajstić information content (AvgIpc) is 3.34. The van der Waals surface area contributed by atoms with Gasteiger partial charge < -0.3 is 19.9 Å². The molecule has 1 aromatic heterocycles. The lowest BCUT2D eigenvalue weighted by Crippen LogP contribution is -2.46. The van der Waals surface area contributed by atoms with Crippen molar-refractivity contribution in [1.82, 2.24) is 10.3 Å². The van der Waals surface area contributed by atoms with Gasteiger partial charge in [-0.1, -0.05) is 18.9 Å². The number of carbonyl (C=O) groups excluding carboxylic acids is 2. The van der Waals surface area contributed by atoms with E-state index in [2.05, 4.69) is 14.7 Å². The van der Waals surface area contributed by atoms with E-state index in [-0.39, 0.29) is 5.92 Å². The molecule has 0 aromatic carbocycles. The summed E-state index contributed by atoms with van der Waals surface area (Å²) in [6.45, 7) is 9.58. The van der Waals surface area contributed by atoms with Gasteiger partial charge in [0.05, 0.1) is 11.4 Å². The van der Waals surface area contributed by atoms with Crippen LogP contribution in [0, 0.1) is 0 Å². The average molecular weight is 608 g/mol. The Kier molecular flexibility index (Phi) is 11.0. The highest BCUT2D eigenvalue weighted by atomic mass is 32.2. The van der Waals surface area contributed by atoms with E-state index in [1.807, 2.05) is 0 Å². The molecule has 14 heteroatoms. The maximum Gasteiger partial charge on any atom is 0.423 e. The van der Waals surface area contributed by atoms with Gasteiger partial charge in [0.2, 0.25) is 5.60 Å². The molecule has 1 aliphatic carbocycles. The Morgan fingerprint density at radius 2 is 1.68 bits per heavy atom. The van der Waals surface area contributed by atoms with Crippen molar-refractivity contribution in [1.29, 1.82) is 0 Å². The summed E-state index contributed by atoms with van der Waals surface area (Å²) in [6.07, 6.45) is -1.96. The first-order chi connectivity index (χ1) is 18.6. The quantitative estimate of drug-likeness (QED) is 0.282. The number of hydrogen-bond donors (Lipinski definition) is 2. The normalized spacial score (nSPS) is 17.7. The SMILES string of the molecule is CC(C)(C)OC(=O)N[C@@H](CC=NS(=O)(=O)CCC(O)(c1ccc(C2CCCC2)cn1)C(F)(F)F)C(=O)OC(C)(C)C. The fourth-order valence-electron chi connectivity index (χ4n) is 4.19. The van der Waals surface area contributed by atoms with Gasteiger partial charge >= 0.3 is 18.2 Å². The second-order valence-electron chi connectivity index (χ2n) is 12.1. The maximum atomic E-state index is 14.0. The van der Waals surface area contributed by atoms with E-state index in [0.717, 1.165) is 43.5 Å². The topological polar surface area (TPSA) is 144 Å². The van der Waals surface area contributed by atoms with Crippen molar-refractivity contribution in [2.75, 3.05) is 5.75 Å². The molecule has 1 amide bonds. The predicted molar refractivity (Wildman–Crippen MR) is 146 cm³/mol. The maximum absolute atomic E-state index is 14.0. The van der Waals surface area contributed by atoms with Crippen molar-refractivity contribution in [3.63, 3.8) is 0 Å². The van der Waals surface area contributed by atoms with Crippen molar-refractivity contribution < 1.29 is 45.8 Å². The van der Waals surface area contributed by atoms with Gasteiger partial charge in [-0.15, -0.1) is 0 Å². The Hall–Kier alpha value is -2.74. The number of sulfonamides is 1. The number of aromatic nitrogens is 1. The Morgan fingerprint density at radius 3 is 2.17 bits per heavy atom. The van der Waals surface area contributed by atoms with Gasteiger partial charge in [0.15, 0.2) is 0 Å². The number of alkyl halides is 3. The van der Waals surface area contributed by atoms with Gasteiger partial charge in [0.1, 0.15) is 17.2 Å². The van der Waals surface area contributed by atoms with E-state index in [4.69, 9.17) is 9.47 Å². The Balaban J connectivity index is 2.15. The molecule has 1 fully saturated rings. The van der Waals surface area contributed by atoms with Crippen LogP contribution in [0.15, 0.2) is 22.7 Å². The van der Waals surface area contributed by atoms with Gasteiger partial charge in [-0.3, -0.25) is 4.98 Å². The summed E-state index contributed by atoms with van der Waals surface area (Å²) in [5, 5.41) is 12.9. The monoisotopic (exact) mass is 607 g/mol. The van der Waals surface area contributed by atoms with Crippen LogP contribution in [0.1, 0.15) is 97.2 Å². The molecule has 232 valence electrons. The Bertz CT molecular complexity index is 1180. The highest BCUT2D eigenvalue weighted by Crippen LogP contribution is 2.42. The zero-order valence-electron chi connectivity index (χ0n) is 24.2. The number of pyridine rings is 1. The molecule has 0 radical (unpaired) electrons. The molecule has 1 aromatic rings. The van der Waals surface area contributed by atoms with Crippen LogP contribution in [0.5, 0.6) is 0 Å². The number of rotatable bonds is 10. The number of esters is 1. The van der Waals surface area contributed by atoms with Gasteiger partial charge in [-0.2, -0.15) is 17.6 Å². The highest BCUT2D eigenvalue weighted by molar-refractivity contribution is 7.90. The van der Waals surface area contributed by atoms with E-state index in [9.17, 15) is 36.3 Å². The number of amides is 1. The van der Waals surface area contributed by atoms with Crippen molar-refractivity contribution in [2.45, 2.75) is 115 Å². The van der Waals surface area contributed by atoms with E-state index in [0.29, 0.717) is 0 Å². The molecule has 0 bridgehead atoms. The third-order valence-electron chi connectivity index (χ3n) is 6.19. The molecule has 2 N–H and O–H groups in total. The molecule has 0 spiro atoms. The first-order valence-corrected chi connectivity index (χ1v) is 15.0. The first-order valence-electron chi connectivity index (χ1n) is 13.4. The van der Waals surface area contributed by atoms with Crippen LogP contribution in [0.3, 0.4) is 0 Å². The van der Waals surface area contributed by atoms with Crippen LogP contribution < -0.4 is 5.32 Å². The van der Waals surface area contributed by atoms with Crippen LogP contribution in [0.2, 0.25) is 0 Å². The number of nitrogens with zero attached hydrogens (tertiary/aromatic N) is 2. The summed E-state index contributed by atoms with van der Waals surface area (Å²) in [5.41, 5.74) is -5.29. The summed E-state index contributed by atoms with van der Waals surface area (Å²) in [5.74, 6) is -1.87. The summed E-state index contributed by atoms with van der Waals surface area (Å²) in [4.78, 5) is 28.6. The smallest absolute Gasteiger partial charge is 0.423 e. The van der Waals surface area contributed by atoms with Crippen LogP contribution in [0.25, 0.3) is 0 Å². The predicted octanol–water partition coefficient (Wildman–Crippen LogP) is 4.90. The number of aliphatic hydroxyl groups is 1. The van der Waals surface area contributed by atoms with Gasteiger partial charge in [-0.25, -0.2) is 18.0 Å². The number of alkyl carbamates (subject to hydrolysis) is 1. The lowest BCUT2D eigenvalue weighted by molar-refractivity contribution is -0.268. The summed E-state index contributed by atoms with van der Waals surface area (Å²) < 4.78 is 80.7. The minimum Gasteiger partial charge on any atom is -0.458 e. The zero-order valence-corrected chi connectivity index (χ0v) is 25.1. The minimum absolute atomic E-state index is 0.194. The van der Waals surface area contributed by atoms with E-state index in [1.54, 1.807) is 41.5 Å². The lowest BCUT2D eigenvalue weighted by atomic mass is 9.93. The number of carbonyl (C=O) groups is 2. The Morgan fingerprint density at radius 1 is 1.10 bits per heavy atom. The number of hydrogen-bond acceptors (Lipinski definition) is 8. The molecule has 1 heterocycles. The van der Waals surface area contributed by atoms with E-state index < -0.39 is 75.4 Å². The molecule has 10 nitrogen and oxygen atoms in total. The van der Waals surface area contributed by atoms with Crippen LogP contribution in [-0.4, -0.2) is 66.0 Å². The molecule has 2 atom stereocenters. The third-order valence-corrected chi connectivity index (χ3v) is 7.38. The number of nitrogens with one attached hydrogen (secondary N) is 1. The largest absolute Gasteiger partial charge is 0.458 e. The lowest BCUT2D eigenvalue weighted by Gasteiger charge is -2.30. The van der Waals surface area contributed by atoms with Crippen molar-refractivity contribution >= 4 is 28.3 Å². The first kappa shape index (κ1) is 34.5. The Labute approximate surface area is 239 Å². The van der Waals surface area contributed by atoms with E-state index in [1.165, 1.54) is 12.3 Å². The van der Waals surface area contributed by atoms with Crippen molar-refractivity contribution in [2.24, 2.45) is 4.40 Å². The molecule has 1 unspecified atom stereocenters. The van der Waals surface area contributed by atoms with Crippen molar-refractivity contribution in [3.8, 4) is 0 Å².